The van der Waals surface area contributed by atoms with Crippen molar-refractivity contribution in [3.63, 3.8) is 0 Å². The lowest BCUT2D eigenvalue weighted by Gasteiger charge is -2.58. The van der Waals surface area contributed by atoms with Crippen LogP contribution in [0.5, 0.6) is 0 Å². The van der Waals surface area contributed by atoms with Crippen molar-refractivity contribution in [1.82, 2.24) is 0 Å². The molecular weight excluding hydrogens is 572 g/mol. The minimum absolute atomic E-state index is 0.0622. The Balaban J connectivity index is 1.10. The Bertz CT molecular complexity index is 1100. The third-order valence-electron chi connectivity index (χ3n) is 12.8. The van der Waals surface area contributed by atoms with E-state index < -0.39 is 68.0 Å². The molecule has 4 aliphatic carbocycles. The molecule has 44 heavy (non-hydrogen) atoms. The molecular formula is C33H52O11. The zero-order chi connectivity index (χ0) is 31.7. The van der Waals surface area contributed by atoms with Crippen LogP contribution in [0.2, 0.25) is 0 Å². The van der Waals surface area contributed by atoms with Crippen molar-refractivity contribution in [2.75, 3.05) is 6.61 Å². The predicted molar refractivity (Wildman–Crippen MR) is 156 cm³/mol. The number of allylic oxidation sites excluding steroid dienone is 1. The third-order valence-corrected chi connectivity index (χ3v) is 12.8. The fourth-order valence-electron chi connectivity index (χ4n) is 10.2. The second-order valence-corrected chi connectivity index (χ2v) is 15.0. The molecule has 4 unspecified atom stereocenters. The molecule has 6 aliphatic rings. The number of aliphatic hydroxyl groups excluding tert-OH is 6. The van der Waals surface area contributed by atoms with Gasteiger partial charge in [0.2, 0.25) is 0 Å². The van der Waals surface area contributed by atoms with Gasteiger partial charge in [-0.2, -0.15) is 0 Å². The summed E-state index contributed by atoms with van der Waals surface area (Å²) in [5.74, 6) is 2.26. The van der Waals surface area contributed by atoms with Gasteiger partial charge in [-0.25, -0.2) is 0 Å². The highest BCUT2D eigenvalue weighted by Gasteiger charge is 2.60. The van der Waals surface area contributed by atoms with Gasteiger partial charge in [0.1, 0.15) is 48.5 Å². The van der Waals surface area contributed by atoms with Crippen LogP contribution >= 0.6 is 0 Å². The zero-order valence-corrected chi connectivity index (χ0v) is 26.3. The van der Waals surface area contributed by atoms with E-state index in [1.54, 1.807) is 6.92 Å². The molecule has 2 heterocycles. The minimum atomic E-state index is -1.61. The highest BCUT2D eigenvalue weighted by Crippen LogP contribution is 2.66. The van der Waals surface area contributed by atoms with Crippen LogP contribution in [-0.4, -0.2) is 111 Å². The van der Waals surface area contributed by atoms with Gasteiger partial charge in [0.15, 0.2) is 12.6 Å². The predicted octanol–water partition coefficient (Wildman–Crippen LogP) is 1.19. The first-order valence-corrected chi connectivity index (χ1v) is 16.6. The highest BCUT2D eigenvalue weighted by atomic mass is 16.7. The van der Waals surface area contributed by atoms with Gasteiger partial charge in [0, 0.05) is 5.92 Å². The van der Waals surface area contributed by atoms with Crippen LogP contribution in [0.4, 0.5) is 0 Å². The number of fused-ring (bicyclic) bond motifs is 5. The molecule has 0 radical (unpaired) electrons. The van der Waals surface area contributed by atoms with E-state index in [2.05, 4.69) is 19.9 Å². The maximum absolute atomic E-state index is 12.5. The van der Waals surface area contributed by atoms with Crippen molar-refractivity contribution in [2.45, 2.75) is 147 Å². The first-order chi connectivity index (χ1) is 20.8. The van der Waals surface area contributed by atoms with Crippen molar-refractivity contribution in [3.05, 3.63) is 11.6 Å². The number of hydrogen-bond donors (Lipinski definition) is 6. The molecule has 0 spiro atoms. The Labute approximate surface area is 259 Å². The standard InChI is InChI=1S/C33H52O11/c1-15(35)20-7-8-21-19-6-5-17-13-18(9-11-32(17,3)22(19)10-12-33(20,21)4)42-31-28(40)26(38)29(23(14-34)43-31)44-30-27(39)25(37)24(36)16(2)41-30/h5,16,18-31,34,36-40H,6-14H2,1-4H3/t16?,18-,19-,20+,21-,22-,23?,24-,25?,26+,27+,28?,29+,30-,31+,32-,33+/m0/s1. The van der Waals surface area contributed by atoms with Crippen molar-refractivity contribution in [1.29, 1.82) is 0 Å². The number of Topliss-reactive ketones (excluding diaryl/α,β-unsaturated/α-hetero) is 1. The number of ketones is 1. The topological polar surface area (TPSA) is 175 Å². The SMILES string of the molecule is CC(=O)[C@H]1CC[C@H]2[C@@H]3CC=C4C[C@@H](O[C@@H]5OC(CO)[C@@H](O[C@@H]6OC(C)[C@H](O)C(O)[C@H]6O)[C@H](O)C5O)CC[C@]4(C)[C@H]3CC[C@]12C. The number of hydrogen-bond acceptors (Lipinski definition) is 11. The van der Waals surface area contributed by atoms with Crippen LogP contribution in [0.1, 0.15) is 79.1 Å². The minimum Gasteiger partial charge on any atom is -0.394 e. The van der Waals surface area contributed by atoms with Crippen molar-refractivity contribution in [3.8, 4) is 0 Å². The maximum Gasteiger partial charge on any atom is 0.187 e. The molecule has 5 fully saturated rings. The molecule has 11 heteroatoms. The first-order valence-electron chi connectivity index (χ1n) is 16.6. The fraction of sp³-hybridized carbons (Fsp3) is 0.909. The quantitative estimate of drug-likeness (QED) is 0.234. The van der Waals surface area contributed by atoms with Crippen LogP contribution in [0.3, 0.4) is 0 Å². The molecule has 0 aromatic rings. The van der Waals surface area contributed by atoms with E-state index in [9.17, 15) is 35.4 Å². The van der Waals surface area contributed by atoms with Crippen LogP contribution < -0.4 is 0 Å². The lowest BCUT2D eigenvalue weighted by Crippen LogP contribution is -2.64. The Morgan fingerprint density at radius 2 is 1.59 bits per heavy atom. The van der Waals surface area contributed by atoms with E-state index >= 15 is 0 Å². The lowest BCUT2D eigenvalue weighted by atomic mass is 9.47. The molecule has 2 aliphatic heterocycles. The van der Waals surface area contributed by atoms with Crippen molar-refractivity contribution in [2.24, 2.45) is 34.5 Å². The summed E-state index contributed by atoms with van der Waals surface area (Å²) in [5.41, 5.74) is 1.55. The Morgan fingerprint density at radius 1 is 0.886 bits per heavy atom. The summed E-state index contributed by atoms with van der Waals surface area (Å²) in [6.07, 6.45) is -3.41. The van der Waals surface area contributed by atoms with E-state index in [1.165, 1.54) is 12.5 Å². The lowest BCUT2D eigenvalue weighted by molar-refractivity contribution is -0.360. The zero-order valence-electron chi connectivity index (χ0n) is 26.3. The average molecular weight is 625 g/mol. The van der Waals surface area contributed by atoms with Gasteiger partial charge >= 0.3 is 0 Å². The molecule has 0 aromatic heterocycles. The van der Waals surface area contributed by atoms with Crippen molar-refractivity contribution < 1.29 is 54.4 Å². The Hall–Kier alpha value is -0.990. The van der Waals surface area contributed by atoms with Crippen LogP contribution in [0.25, 0.3) is 0 Å². The van der Waals surface area contributed by atoms with Gasteiger partial charge in [0.25, 0.3) is 0 Å². The summed E-state index contributed by atoms with van der Waals surface area (Å²) in [7, 11) is 0. The average Bonchev–Trinajstić information content (AvgIpc) is 3.36. The molecule has 11 nitrogen and oxygen atoms in total. The number of rotatable bonds is 6. The molecule has 6 rings (SSSR count). The smallest absolute Gasteiger partial charge is 0.187 e. The molecule has 17 atom stereocenters. The third kappa shape index (κ3) is 5.33. The van der Waals surface area contributed by atoms with Gasteiger partial charge in [-0.15, -0.1) is 0 Å². The monoisotopic (exact) mass is 624 g/mol. The van der Waals surface area contributed by atoms with Crippen LogP contribution in [0.15, 0.2) is 11.6 Å². The fourth-order valence-corrected chi connectivity index (χ4v) is 10.2. The van der Waals surface area contributed by atoms with E-state index in [0.717, 1.165) is 44.9 Å². The largest absolute Gasteiger partial charge is 0.394 e. The molecule has 2 saturated heterocycles. The Morgan fingerprint density at radius 3 is 2.30 bits per heavy atom. The van der Waals surface area contributed by atoms with Crippen LogP contribution in [-0.2, 0) is 23.7 Å². The Kier molecular flexibility index (Phi) is 9.15. The van der Waals surface area contributed by atoms with E-state index in [-0.39, 0.29) is 22.9 Å². The first kappa shape index (κ1) is 32.9. The molecule has 6 N–H and O–H groups in total. The summed E-state index contributed by atoms with van der Waals surface area (Å²) < 4.78 is 23.4. The molecule has 0 aromatic carbocycles. The summed E-state index contributed by atoms with van der Waals surface area (Å²) >= 11 is 0. The van der Waals surface area contributed by atoms with Gasteiger partial charge in [-0.05, 0) is 93.8 Å². The second kappa shape index (κ2) is 12.2. The van der Waals surface area contributed by atoms with Gasteiger partial charge < -0.3 is 49.6 Å². The van der Waals surface area contributed by atoms with Crippen LogP contribution in [0, 0.1) is 34.5 Å². The number of aliphatic hydroxyl groups is 6. The van der Waals surface area contributed by atoms with Gasteiger partial charge in [-0.1, -0.05) is 25.5 Å². The van der Waals surface area contributed by atoms with E-state index in [1.807, 2.05) is 0 Å². The van der Waals surface area contributed by atoms with E-state index in [4.69, 9.17) is 18.9 Å². The molecule has 250 valence electrons. The molecule has 0 amide bonds. The number of carbonyl (C=O) groups excluding carboxylic acids is 1. The summed E-state index contributed by atoms with van der Waals surface area (Å²) in [4.78, 5) is 12.5. The van der Waals surface area contributed by atoms with E-state index in [0.29, 0.717) is 30.0 Å². The highest BCUT2D eigenvalue weighted by molar-refractivity contribution is 5.79. The van der Waals surface area contributed by atoms with Gasteiger partial charge in [0.05, 0.1) is 18.8 Å². The normalized spacial score (nSPS) is 54.1. The summed E-state index contributed by atoms with van der Waals surface area (Å²) in [6, 6.07) is 0. The molecule has 0 bridgehead atoms. The second-order valence-electron chi connectivity index (χ2n) is 15.0. The summed E-state index contributed by atoms with van der Waals surface area (Å²) in [6.45, 7) is 7.47. The summed E-state index contributed by atoms with van der Waals surface area (Å²) in [5, 5.41) is 62.6. The number of carbonyl (C=O) groups is 1. The molecule has 3 saturated carbocycles. The number of ether oxygens (including phenoxy) is 4. The maximum atomic E-state index is 12.5. The van der Waals surface area contributed by atoms with Gasteiger partial charge in [-0.3, -0.25) is 4.79 Å². The van der Waals surface area contributed by atoms with Crippen molar-refractivity contribution >= 4 is 5.78 Å².